The van der Waals surface area contributed by atoms with Crippen molar-refractivity contribution in [1.29, 1.82) is 0 Å². The van der Waals surface area contributed by atoms with Crippen LogP contribution >= 0.6 is 0 Å². The van der Waals surface area contributed by atoms with E-state index in [0.29, 0.717) is 0 Å². The molecule has 0 saturated carbocycles. The van der Waals surface area contributed by atoms with Crippen molar-refractivity contribution in [2.45, 2.75) is 119 Å². The van der Waals surface area contributed by atoms with E-state index >= 15 is 0 Å². The lowest BCUT2D eigenvalue weighted by Gasteiger charge is -2.28. The normalized spacial score (nSPS) is 13.3. The predicted molar refractivity (Wildman–Crippen MR) is 216 cm³/mol. The highest BCUT2D eigenvalue weighted by Crippen LogP contribution is 2.25. The molecule has 1 N–H and O–H groups in total. The van der Waals surface area contributed by atoms with Crippen LogP contribution in [0.5, 0.6) is 0 Å². The van der Waals surface area contributed by atoms with E-state index in [1.165, 1.54) is 29.2 Å². The Labute approximate surface area is 309 Å². The molecule has 7 heteroatoms. The van der Waals surface area contributed by atoms with Crippen LogP contribution < -0.4 is 10.2 Å². The summed E-state index contributed by atoms with van der Waals surface area (Å²) in [5, 5.41) is 2.74. The van der Waals surface area contributed by atoms with Crippen molar-refractivity contribution >= 4 is 17.4 Å². The van der Waals surface area contributed by atoms with Gasteiger partial charge in [0.2, 0.25) is 5.91 Å². The number of aromatic nitrogens is 3. The molecule has 1 fully saturated rings. The van der Waals surface area contributed by atoms with Gasteiger partial charge in [0.05, 0.1) is 13.2 Å². The zero-order valence-electron chi connectivity index (χ0n) is 34.0. The van der Waals surface area contributed by atoms with Gasteiger partial charge in [-0.2, -0.15) is 0 Å². The Morgan fingerprint density at radius 1 is 0.627 bits per heavy atom. The topological polar surface area (TPSA) is 80.2 Å². The van der Waals surface area contributed by atoms with Crippen LogP contribution in [0.4, 0.5) is 11.5 Å². The lowest BCUT2D eigenvalue weighted by atomic mass is 9.87. The van der Waals surface area contributed by atoms with Gasteiger partial charge in [0, 0.05) is 56.2 Å². The van der Waals surface area contributed by atoms with Gasteiger partial charge in [-0.15, -0.1) is 0 Å². The highest BCUT2D eigenvalue weighted by Gasteiger charge is 2.17. The molecule has 1 aliphatic rings. The van der Waals surface area contributed by atoms with Crippen LogP contribution in [0.15, 0.2) is 85.5 Å². The van der Waals surface area contributed by atoms with Gasteiger partial charge in [-0.25, -0.2) is 4.98 Å². The first-order valence-electron chi connectivity index (χ1n) is 18.1. The summed E-state index contributed by atoms with van der Waals surface area (Å²) in [4.78, 5) is 25.9. The number of carbonyl (C=O) groups excluding carboxylic acids is 1. The van der Waals surface area contributed by atoms with E-state index in [1.54, 1.807) is 6.20 Å². The molecule has 0 aliphatic carbocycles. The Hall–Kier alpha value is -4.10. The molecule has 1 amide bonds. The molecule has 5 rings (SSSR count). The first-order chi connectivity index (χ1) is 23.6. The van der Waals surface area contributed by atoms with Gasteiger partial charge in [0.25, 0.3) is 0 Å². The highest BCUT2D eigenvalue weighted by molar-refractivity contribution is 5.88. The number of amides is 1. The molecule has 4 heterocycles. The van der Waals surface area contributed by atoms with Crippen LogP contribution in [0, 0.1) is 6.92 Å². The first-order valence-corrected chi connectivity index (χ1v) is 18.1. The maximum atomic E-state index is 10.8. The standard InChI is InChI=1S/C13H20N2O.C12H17NO.C10H15N.C9H13N/c1-13(2,3)11-4-5-12(14-10-11)15-6-8-16-9-7-15;1-9(14)13-11-7-5-10(6-8-11)12(2,3)4;1-8-5-6-9(7-11-8)10(2,3)4;1-9(2,3)8-5-4-6-10-7-8/h4-5,10H,6-9H2,1-3H3;5-8H,1-4H3,(H,13,14);5-7H,1-4H3;4-7H,1-3H3. The second-order valence-electron chi connectivity index (χ2n) is 17.2. The molecule has 278 valence electrons. The Kier molecular flexibility index (Phi) is 16.0. The van der Waals surface area contributed by atoms with Crippen molar-refractivity contribution in [1.82, 2.24) is 15.0 Å². The van der Waals surface area contributed by atoms with Crippen molar-refractivity contribution in [3.63, 3.8) is 0 Å². The summed E-state index contributed by atoms with van der Waals surface area (Å²) in [5.74, 6) is 1.03. The van der Waals surface area contributed by atoms with Gasteiger partial charge in [-0.3, -0.25) is 14.8 Å². The van der Waals surface area contributed by atoms with E-state index in [1.807, 2.05) is 55.8 Å². The molecular formula is C44H65N5O2. The average Bonchev–Trinajstić information content (AvgIpc) is 3.05. The fourth-order valence-corrected chi connectivity index (χ4v) is 4.78. The second-order valence-corrected chi connectivity index (χ2v) is 17.2. The molecule has 1 saturated heterocycles. The van der Waals surface area contributed by atoms with Crippen LogP contribution in [0.1, 0.15) is 118 Å². The number of anilines is 2. The predicted octanol–water partition coefficient (Wildman–Crippen LogP) is 10.2. The maximum Gasteiger partial charge on any atom is 0.221 e. The van der Waals surface area contributed by atoms with Crippen molar-refractivity contribution in [2.75, 3.05) is 36.5 Å². The average molecular weight is 696 g/mol. The van der Waals surface area contributed by atoms with E-state index < -0.39 is 0 Å². The summed E-state index contributed by atoms with van der Waals surface area (Å²) in [6.07, 6.45) is 7.66. The lowest BCUT2D eigenvalue weighted by Crippen LogP contribution is -2.36. The molecule has 4 aromatic rings. The fraction of sp³-hybridized carbons (Fsp3) is 0.500. The zero-order valence-corrected chi connectivity index (χ0v) is 34.0. The number of aryl methyl sites for hydroxylation is 1. The van der Waals surface area contributed by atoms with E-state index in [4.69, 9.17) is 4.74 Å². The Morgan fingerprint density at radius 3 is 1.47 bits per heavy atom. The molecular weight excluding hydrogens is 631 g/mol. The van der Waals surface area contributed by atoms with Crippen molar-refractivity contribution in [3.8, 4) is 0 Å². The van der Waals surface area contributed by atoms with Crippen molar-refractivity contribution < 1.29 is 9.53 Å². The van der Waals surface area contributed by atoms with Gasteiger partial charge in [-0.1, -0.05) is 113 Å². The molecule has 0 spiro atoms. The fourth-order valence-electron chi connectivity index (χ4n) is 4.78. The quantitative estimate of drug-likeness (QED) is 0.225. The number of pyridine rings is 3. The molecule has 0 atom stereocenters. The summed E-state index contributed by atoms with van der Waals surface area (Å²) >= 11 is 0. The molecule has 3 aromatic heterocycles. The van der Waals surface area contributed by atoms with Crippen LogP contribution in [0.25, 0.3) is 0 Å². The zero-order chi connectivity index (χ0) is 38.5. The number of morpholine rings is 1. The van der Waals surface area contributed by atoms with Crippen molar-refractivity contribution in [2.24, 2.45) is 0 Å². The number of benzene rings is 1. The number of hydrogen-bond acceptors (Lipinski definition) is 6. The molecule has 1 aliphatic heterocycles. The third-order valence-electron chi connectivity index (χ3n) is 8.33. The Morgan fingerprint density at radius 2 is 1.10 bits per heavy atom. The van der Waals surface area contributed by atoms with Crippen LogP contribution in [-0.2, 0) is 31.2 Å². The molecule has 0 unspecified atom stereocenters. The monoisotopic (exact) mass is 696 g/mol. The number of hydrogen-bond donors (Lipinski definition) is 1. The van der Waals surface area contributed by atoms with E-state index in [2.05, 4.69) is 139 Å². The smallest absolute Gasteiger partial charge is 0.221 e. The molecule has 0 bridgehead atoms. The van der Waals surface area contributed by atoms with Crippen LogP contribution in [0.2, 0.25) is 0 Å². The summed E-state index contributed by atoms with van der Waals surface area (Å²) < 4.78 is 5.33. The summed E-state index contributed by atoms with van der Waals surface area (Å²) in [5.41, 5.74) is 7.86. The molecule has 7 nitrogen and oxygen atoms in total. The Balaban J connectivity index is 0.000000240. The van der Waals surface area contributed by atoms with Crippen LogP contribution in [-0.4, -0.2) is 47.2 Å². The lowest BCUT2D eigenvalue weighted by molar-refractivity contribution is -0.114. The molecule has 0 radical (unpaired) electrons. The molecule has 1 aromatic carbocycles. The number of ether oxygens (including phenoxy) is 1. The van der Waals surface area contributed by atoms with Gasteiger partial charge in [0.1, 0.15) is 5.82 Å². The summed E-state index contributed by atoms with van der Waals surface area (Å²) in [7, 11) is 0. The van der Waals surface area contributed by atoms with Gasteiger partial charge < -0.3 is 15.0 Å². The van der Waals surface area contributed by atoms with E-state index in [9.17, 15) is 4.79 Å². The summed E-state index contributed by atoms with van der Waals surface area (Å²) in [6.45, 7) is 33.3. The van der Waals surface area contributed by atoms with Crippen LogP contribution in [0.3, 0.4) is 0 Å². The minimum atomic E-state index is -0.0338. The van der Waals surface area contributed by atoms with Gasteiger partial charge in [0.15, 0.2) is 0 Å². The summed E-state index contributed by atoms with van der Waals surface area (Å²) in [6, 6.07) is 20.5. The van der Waals surface area contributed by atoms with E-state index in [0.717, 1.165) is 43.5 Å². The molecule has 51 heavy (non-hydrogen) atoms. The highest BCUT2D eigenvalue weighted by atomic mass is 16.5. The minimum absolute atomic E-state index is 0.0338. The van der Waals surface area contributed by atoms with Gasteiger partial charge in [-0.05, 0) is 81.2 Å². The number of nitrogens with one attached hydrogen (secondary N) is 1. The second kappa shape index (κ2) is 18.9. The number of carbonyl (C=O) groups is 1. The first kappa shape index (κ1) is 43.1. The number of nitrogens with zero attached hydrogens (tertiary/aromatic N) is 4. The SMILES string of the molecule is CC(=O)Nc1ccc(C(C)(C)C)cc1.CC(C)(C)c1ccc(N2CCOCC2)nc1.CC(C)(C)c1cccnc1.Cc1ccc(C(C)(C)C)cn1. The van der Waals surface area contributed by atoms with Gasteiger partial charge >= 0.3 is 0 Å². The van der Waals surface area contributed by atoms with Crippen molar-refractivity contribution in [3.05, 3.63) is 113 Å². The van der Waals surface area contributed by atoms with E-state index in [-0.39, 0.29) is 27.6 Å². The maximum absolute atomic E-state index is 10.8. The third kappa shape index (κ3) is 16.2. The minimum Gasteiger partial charge on any atom is -0.378 e. The third-order valence-corrected chi connectivity index (χ3v) is 8.33. The number of rotatable bonds is 2. The largest absolute Gasteiger partial charge is 0.378 e. The Bertz CT molecular complexity index is 1570.